The Bertz CT molecular complexity index is 1300. The van der Waals surface area contributed by atoms with Crippen LogP contribution in [0.1, 0.15) is 68.9 Å². The fraction of sp³-hybridized carbons (Fsp3) is 0.423. The van der Waals surface area contributed by atoms with E-state index in [1.54, 1.807) is 20.8 Å². The van der Waals surface area contributed by atoms with Crippen LogP contribution in [0.3, 0.4) is 0 Å². The summed E-state index contributed by atoms with van der Waals surface area (Å²) < 4.78 is 70.4. The van der Waals surface area contributed by atoms with Gasteiger partial charge in [-0.1, -0.05) is 53.5 Å². The van der Waals surface area contributed by atoms with Gasteiger partial charge in [-0.2, -0.15) is 22.0 Å². The number of benzene rings is 2. The van der Waals surface area contributed by atoms with Crippen LogP contribution in [0.2, 0.25) is 0 Å². The van der Waals surface area contributed by atoms with Crippen molar-refractivity contribution < 1.29 is 36.3 Å². The topological polar surface area (TPSA) is 122 Å². The second-order valence-electron chi connectivity index (χ2n) is 9.63. The van der Waals surface area contributed by atoms with Crippen LogP contribution >= 0.6 is 0 Å². The fourth-order valence-corrected chi connectivity index (χ4v) is 3.11. The molecule has 0 saturated heterocycles. The Hall–Kier alpha value is -3.90. The highest BCUT2D eigenvalue weighted by molar-refractivity contribution is 5.99. The quantitative estimate of drug-likeness (QED) is 0.236. The largest absolute Gasteiger partial charge is 0.434 e. The first kappa shape index (κ1) is 31.3. The number of unbranched alkanes of at least 4 members (excludes halogenated alkanes) is 1. The molecule has 0 bridgehead atoms. The van der Waals surface area contributed by atoms with Gasteiger partial charge >= 0.3 is 12.8 Å². The molecule has 0 saturated carbocycles. The molecule has 1 heterocycles. The van der Waals surface area contributed by atoms with Crippen molar-refractivity contribution in [2.24, 2.45) is 11.1 Å². The van der Waals surface area contributed by atoms with Gasteiger partial charge in [-0.25, -0.2) is 4.98 Å². The first-order chi connectivity index (χ1) is 18.1. The maximum atomic E-state index is 13.6. The molecule has 13 heteroatoms. The third kappa shape index (κ3) is 8.82. The van der Waals surface area contributed by atoms with Gasteiger partial charge in [0.15, 0.2) is 0 Å². The fourth-order valence-electron chi connectivity index (χ4n) is 3.11. The predicted molar refractivity (Wildman–Crippen MR) is 138 cm³/mol. The molecule has 0 aliphatic heterocycles. The lowest BCUT2D eigenvalue weighted by Gasteiger charge is -2.19. The van der Waals surface area contributed by atoms with Gasteiger partial charge in [0.05, 0.1) is 27.8 Å². The van der Waals surface area contributed by atoms with Crippen molar-refractivity contribution in [3.8, 4) is 5.75 Å². The van der Waals surface area contributed by atoms with Crippen molar-refractivity contribution in [2.75, 3.05) is 5.32 Å². The van der Waals surface area contributed by atoms with E-state index in [1.165, 1.54) is 25.0 Å². The highest BCUT2D eigenvalue weighted by atomic mass is 19.4. The number of primary amides is 1. The van der Waals surface area contributed by atoms with Crippen LogP contribution in [0.4, 0.5) is 33.6 Å². The number of nitrogens with zero attached hydrogens (tertiary/aromatic N) is 1. The van der Waals surface area contributed by atoms with Crippen LogP contribution in [0.15, 0.2) is 30.3 Å². The predicted octanol–water partition coefficient (Wildman–Crippen LogP) is 6.49. The normalized spacial score (nSPS) is 11.7. The number of fused-ring (bicyclic) bond motifs is 1. The number of nitrogens with one attached hydrogen (secondary N) is 3. The summed E-state index contributed by atoms with van der Waals surface area (Å²) in [4.78, 5) is 30.4. The molecular formula is C26H32F5N5O3. The molecule has 3 aromatic rings. The SMILES string of the molecule is CC(C)(C)C(=O)NCc1ccc(C(F)(F)F)c(Nc2nc3cc(OC(F)F)c(C(N)=O)cc3[nH]2)c1.CCCC. The smallest absolute Gasteiger partial charge is 0.418 e. The number of carbonyl (C=O) groups is 2. The van der Waals surface area contributed by atoms with Crippen molar-refractivity contribution in [3.63, 3.8) is 0 Å². The van der Waals surface area contributed by atoms with Crippen molar-refractivity contribution in [1.29, 1.82) is 0 Å². The minimum absolute atomic E-state index is 0.0145. The van der Waals surface area contributed by atoms with E-state index < -0.39 is 35.4 Å². The summed E-state index contributed by atoms with van der Waals surface area (Å²) in [5, 5.41) is 5.19. The van der Waals surface area contributed by atoms with E-state index in [0.29, 0.717) is 5.56 Å². The number of H-pyrrole nitrogens is 1. The van der Waals surface area contributed by atoms with Crippen LogP contribution in [-0.2, 0) is 17.5 Å². The molecule has 0 radical (unpaired) electrons. The number of hydrogen-bond donors (Lipinski definition) is 4. The molecule has 0 unspecified atom stereocenters. The summed E-state index contributed by atoms with van der Waals surface area (Å²) in [5.74, 6) is -2.01. The highest BCUT2D eigenvalue weighted by Gasteiger charge is 2.34. The van der Waals surface area contributed by atoms with Gasteiger partial charge in [0.2, 0.25) is 11.9 Å². The Kier molecular flexibility index (Phi) is 10.3. The molecule has 2 aromatic carbocycles. The van der Waals surface area contributed by atoms with E-state index in [1.807, 2.05) is 0 Å². The number of nitrogens with two attached hydrogens (primary N) is 1. The second kappa shape index (κ2) is 12.8. The molecule has 2 amide bonds. The van der Waals surface area contributed by atoms with Crippen LogP contribution < -0.4 is 21.1 Å². The zero-order chi connectivity index (χ0) is 29.5. The van der Waals surface area contributed by atoms with E-state index >= 15 is 0 Å². The molecule has 3 rings (SSSR count). The van der Waals surface area contributed by atoms with Gasteiger partial charge in [-0.3, -0.25) is 9.59 Å². The first-order valence-electron chi connectivity index (χ1n) is 12.1. The Morgan fingerprint density at radius 2 is 1.72 bits per heavy atom. The lowest BCUT2D eigenvalue weighted by Crippen LogP contribution is -2.34. The van der Waals surface area contributed by atoms with Crippen LogP contribution in [-0.4, -0.2) is 28.4 Å². The average molecular weight is 558 g/mol. The summed E-state index contributed by atoms with van der Waals surface area (Å²) >= 11 is 0. The number of hydrogen-bond acceptors (Lipinski definition) is 5. The zero-order valence-electron chi connectivity index (χ0n) is 22.2. The molecule has 5 N–H and O–H groups in total. The number of imidazole rings is 1. The van der Waals surface area contributed by atoms with Gasteiger partial charge in [-0.15, -0.1) is 0 Å². The number of carbonyl (C=O) groups excluding carboxylic acids is 2. The third-order valence-electron chi connectivity index (χ3n) is 5.34. The Labute approximate surface area is 222 Å². The number of aromatic nitrogens is 2. The second-order valence-corrected chi connectivity index (χ2v) is 9.63. The molecule has 1 aromatic heterocycles. The Morgan fingerprint density at radius 3 is 2.23 bits per heavy atom. The van der Waals surface area contributed by atoms with Gasteiger partial charge < -0.3 is 26.1 Å². The maximum absolute atomic E-state index is 13.6. The molecule has 39 heavy (non-hydrogen) atoms. The Balaban J connectivity index is 0.00000124. The van der Waals surface area contributed by atoms with Gasteiger partial charge in [0, 0.05) is 18.0 Å². The van der Waals surface area contributed by atoms with E-state index in [9.17, 15) is 31.5 Å². The summed E-state index contributed by atoms with van der Waals surface area (Å²) in [6.45, 7) is 6.21. The van der Waals surface area contributed by atoms with Crippen molar-refractivity contribution >= 4 is 34.5 Å². The number of ether oxygens (including phenoxy) is 1. The highest BCUT2D eigenvalue weighted by Crippen LogP contribution is 2.37. The zero-order valence-corrected chi connectivity index (χ0v) is 22.2. The monoisotopic (exact) mass is 557 g/mol. The van der Waals surface area contributed by atoms with E-state index in [0.717, 1.165) is 18.2 Å². The van der Waals surface area contributed by atoms with Gasteiger partial charge in [0.1, 0.15) is 5.75 Å². The molecule has 0 fully saturated rings. The molecule has 214 valence electrons. The summed E-state index contributed by atoms with van der Waals surface area (Å²) in [6.07, 6.45) is -2.07. The van der Waals surface area contributed by atoms with E-state index in [4.69, 9.17) is 5.73 Å². The van der Waals surface area contributed by atoms with Crippen molar-refractivity contribution in [2.45, 2.75) is 66.8 Å². The van der Waals surface area contributed by atoms with Crippen molar-refractivity contribution in [1.82, 2.24) is 15.3 Å². The summed E-state index contributed by atoms with van der Waals surface area (Å²) in [5.41, 5.74) is 3.37. The molecule has 0 aliphatic rings. The lowest BCUT2D eigenvalue weighted by molar-refractivity contribution is -0.137. The van der Waals surface area contributed by atoms with Crippen LogP contribution in [0, 0.1) is 5.41 Å². The maximum Gasteiger partial charge on any atom is 0.418 e. The molecule has 0 aliphatic carbocycles. The lowest BCUT2D eigenvalue weighted by atomic mass is 9.95. The van der Waals surface area contributed by atoms with Crippen LogP contribution in [0.25, 0.3) is 11.0 Å². The van der Waals surface area contributed by atoms with E-state index in [2.05, 4.69) is 39.2 Å². The minimum atomic E-state index is -4.71. The van der Waals surface area contributed by atoms with E-state index in [-0.39, 0.29) is 40.7 Å². The Morgan fingerprint density at radius 1 is 1.08 bits per heavy atom. The molecule has 0 spiro atoms. The van der Waals surface area contributed by atoms with Crippen molar-refractivity contribution in [3.05, 3.63) is 47.0 Å². The number of alkyl halides is 5. The molecular weight excluding hydrogens is 525 g/mol. The third-order valence-corrected chi connectivity index (χ3v) is 5.34. The number of anilines is 2. The standard InChI is InChI=1S/C22H22F5N5O3.C4H10/c1-21(2,3)18(34)29-9-10-4-5-12(22(25,26)27)13(6-10)30-20-31-14-7-11(17(28)33)16(35-19(23)24)8-15(14)32-20;1-3-4-2/h4-8,19H,9H2,1-3H3,(H2,28,33)(H,29,34)(H2,30,31,32);3-4H2,1-2H3. The first-order valence-corrected chi connectivity index (χ1v) is 12.1. The number of amides is 2. The van der Waals surface area contributed by atoms with Crippen LogP contribution in [0.5, 0.6) is 5.75 Å². The number of aromatic amines is 1. The van der Waals surface area contributed by atoms with Gasteiger partial charge in [-0.05, 0) is 23.8 Å². The summed E-state index contributed by atoms with van der Waals surface area (Å²) in [7, 11) is 0. The molecule has 8 nitrogen and oxygen atoms in total. The van der Waals surface area contributed by atoms with Gasteiger partial charge in [0.25, 0.3) is 5.91 Å². The number of halogens is 5. The summed E-state index contributed by atoms with van der Waals surface area (Å²) in [6, 6.07) is 5.44. The average Bonchev–Trinajstić information content (AvgIpc) is 3.21. The minimum Gasteiger partial charge on any atom is -0.434 e. The number of rotatable bonds is 8. The molecule has 0 atom stereocenters.